The van der Waals surface area contributed by atoms with Crippen LogP contribution in [0.3, 0.4) is 0 Å². The fourth-order valence-corrected chi connectivity index (χ4v) is 2.05. The van der Waals surface area contributed by atoms with Gasteiger partial charge in [-0.2, -0.15) is 5.10 Å². The van der Waals surface area contributed by atoms with Crippen LogP contribution in [0, 0.1) is 11.6 Å². The number of carbonyl (C=O) groups is 1. The lowest BCUT2D eigenvalue weighted by molar-refractivity contribution is -0.109. The largest absolute Gasteiger partial charge is 0.383 e. The second-order valence-corrected chi connectivity index (χ2v) is 4.45. The zero-order chi connectivity index (χ0) is 14.6. The van der Waals surface area contributed by atoms with E-state index in [1.165, 1.54) is 23.4 Å². The van der Waals surface area contributed by atoms with E-state index in [2.05, 4.69) is 10.1 Å². The van der Waals surface area contributed by atoms with Crippen molar-refractivity contribution in [2.75, 3.05) is 0 Å². The lowest BCUT2D eigenvalue weighted by Crippen LogP contribution is -2.33. The third-order valence-electron chi connectivity index (χ3n) is 3.00. The van der Waals surface area contributed by atoms with Crippen molar-refractivity contribution < 1.29 is 18.7 Å². The zero-order valence-electron chi connectivity index (χ0n) is 10.5. The second kappa shape index (κ2) is 5.87. The van der Waals surface area contributed by atoms with Gasteiger partial charge in [0.1, 0.15) is 36.2 Å². The Morgan fingerprint density at radius 1 is 1.40 bits per heavy atom. The Bertz CT molecular complexity index is 589. The minimum Gasteiger partial charge on any atom is -0.383 e. The van der Waals surface area contributed by atoms with Crippen LogP contribution < -0.4 is 0 Å². The molecule has 20 heavy (non-hydrogen) atoms. The Hall–Kier alpha value is -2.15. The molecule has 0 saturated carbocycles. The number of hydrogen-bond acceptors (Lipinski definition) is 4. The minimum atomic E-state index is -1.66. The fraction of sp³-hybridized carbons (Fsp3) is 0.308. The maximum Gasteiger partial charge on any atom is 0.137 e. The molecule has 1 heterocycles. The monoisotopic (exact) mass is 281 g/mol. The summed E-state index contributed by atoms with van der Waals surface area (Å²) in [6.07, 6.45) is 3.32. The first-order chi connectivity index (χ1) is 9.55. The van der Waals surface area contributed by atoms with Crippen molar-refractivity contribution in [3.05, 3.63) is 48.1 Å². The number of nitrogens with zero attached hydrogens (tertiary/aromatic N) is 3. The maximum absolute atomic E-state index is 13.9. The van der Waals surface area contributed by atoms with Gasteiger partial charge >= 0.3 is 0 Å². The van der Waals surface area contributed by atoms with Crippen LogP contribution in [0.1, 0.15) is 18.4 Å². The summed E-state index contributed by atoms with van der Waals surface area (Å²) in [5, 5.41) is 14.5. The van der Waals surface area contributed by atoms with Crippen molar-refractivity contribution in [3.63, 3.8) is 0 Å². The Morgan fingerprint density at radius 2 is 2.20 bits per heavy atom. The van der Waals surface area contributed by atoms with Gasteiger partial charge in [-0.15, -0.1) is 0 Å². The molecule has 0 aliphatic rings. The smallest absolute Gasteiger partial charge is 0.137 e. The van der Waals surface area contributed by atoms with Gasteiger partial charge in [0.2, 0.25) is 0 Å². The average molecular weight is 281 g/mol. The highest BCUT2D eigenvalue weighted by atomic mass is 19.1. The third kappa shape index (κ3) is 3.05. The van der Waals surface area contributed by atoms with Crippen LogP contribution in [-0.2, 0) is 16.9 Å². The molecule has 0 aliphatic heterocycles. The molecular weight excluding hydrogens is 268 g/mol. The van der Waals surface area contributed by atoms with E-state index in [1.807, 2.05) is 0 Å². The van der Waals surface area contributed by atoms with E-state index in [0.717, 1.165) is 6.07 Å². The molecule has 1 atom stereocenters. The topological polar surface area (TPSA) is 68.0 Å². The summed E-state index contributed by atoms with van der Waals surface area (Å²) < 4.78 is 28.2. The van der Waals surface area contributed by atoms with Crippen LogP contribution in [0.5, 0.6) is 0 Å². The Morgan fingerprint density at radius 3 is 2.80 bits per heavy atom. The Kier molecular flexibility index (Phi) is 4.19. The number of carbonyl (C=O) groups excluding carboxylic acids is 1. The molecule has 2 rings (SSSR count). The Labute approximate surface area is 113 Å². The normalized spacial score (nSPS) is 13.9. The van der Waals surface area contributed by atoms with Crippen LogP contribution in [0.2, 0.25) is 0 Å². The molecule has 1 aromatic heterocycles. The lowest BCUT2D eigenvalue weighted by Gasteiger charge is -2.28. The average Bonchev–Trinajstić information content (AvgIpc) is 2.88. The van der Waals surface area contributed by atoms with Gasteiger partial charge in [0, 0.05) is 18.1 Å². The van der Waals surface area contributed by atoms with Crippen molar-refractivity contribution in [3.8, 4) is 0 Å². The van der Waals surface area contributed by atoms with Crippen molar-refractivity contribution in [2.24, 2.45) is 0 Å². The first-order valence-corrected chi connectivity index (χ1v) is 5.99. The van der Waals surface area contributed by atoms with Gasteiger partial charge in [0.15, 0.2) is 0 Å². The molecule has 1 aromatic carbocycles. The van der Waals surface area contributed by atoms with Gasteiger partial charge in [-0.25, -0.2) is 18.4 Å². The molecule has 0 amide bonds. The highest BCUT2D eigenvalue weighted by Crippen LogP contribution is 2.30. The summed E-state index contributed by atoms with van der Waals surface area (Å²) in [5.74, 6) is -1.59. The fourth-order valence-electron chi connectivity index (χ4n) is 2.05. The molecule has 1 unspecified atom stereocenters. The number of hydrogen-bond donors (Lipinski definition) is 1. The molecule has 1 N–H and O–H groups in total. The number of halogens is 2. The van der Waals surface area contributed by atoms with Crippen molar-refractivity contribution in [1.29, 1.82) is 0 Å². The minimum absolute atomic E-state index is 0.00108. The van der Waals surface area contributed by atoms with Crippen molar-refractivity contribution in [2.45, 2.75) is 25.0 Å². The summed E-state index contributed by atoms with van der Waals surface area (Å²) in [6, 6.07) is 2.93. The van der Waals surface area contributed by atoms with Crippen LogP contribution in [0.4, 0.5) is 8.78 Å². The van der Waals surface area contributed by atoms with E-state index in [4.69, 9.17) is 0 Å². The number of rotatable bonds is 6. The van der Waals surface area contributed by atoms with Crippen LogP contribution in [-0.4, -0.2) is 26.2 Å². The first kappa shape index (κ1) is 14.3. The molecular formula is C13H13F2N3O2. The van der Waals surface area contributed by atoms with E-state index in [-0.39, 0.29) is 24.9 Å². The maximum atomic E-state index is 13.9. The van der Waals surface area contributed by atoms with Crippen LogP contribution in [0.15, 0.2) is 30.9 Å². The predicted molar refractivity (Wildman–Crippen MR) is 65.6 cm³/mol. The molecule has 5 nitrogen and oxygen atoms in total. The highest BCUT2D eigenvalue weighted by Gasteiger charge is 2.32. The summed E-state index contributed by atoms with van der Waals surface area (Å²) in [4.78, 5) is 14.3. The standard InChI is InChI=1S/C13H13F2N3O2/c14-10-2-3-11(12(15)6-10)13(20,4-1-5-19)7-18-9-16-8-17-18/h2-3,5-6,8-9,20H,1,4,7H2. The molecule has 0 spiro atoms. The molecule has 0 bridgehead atoms. The number of aldehydes is 1. The van der Waals surface area contributed by atoms with E-state index < -0.39 is 17.2 Å². The first-order valence-electron chi connectivity index (χ1n) is 5.99. The zero-order valence-corrected chi connectivity index (χ0v) is 10.5. The summed E-state index contributed by atoms with van der Waals surface area (Å²) in [6.45, 7) is -0.0800. The third-order valence-corrected chi connectivity index (χ3v) is 3.00. The van der Waals surface area contributed by atoms with E-state index in [0.29, 0.717) is 12.4 Å². The summed E-state index contributed by atoms with van der Waals surface area (Å²) in [5.41, 5.74) is -1.73. The van der Waals surface area contributed by atoms with Gasteiger partial charge in [0.25, 0.3) is 0 Å². The number of benzene rings is 1. The van der Waals surface area contributed by atoms with Crippen LogP contribution >= 0.6 is 0 Å². The summed E-state index contributed by atoms with van der Waals surface area (Å²) in [7, 11) is 0. The van der Waals surface area contributed by atoms with Gasteiger partial charge < -0.3 is 9.90 Å². The highest BCUT2D eigenvalue weighted by molar-refractivity contribution is 5.49. The molecule has 0 aliphatic carbocycles. The van der Waals surface area contributed by atoms with Crippen molar-refractivity contribution in [1.82, 2.24) is 14.8 Å². The van der Waals surface area contributed by atoms with Gasteiger partial charge in [-0.05, 0) is 12.5 Å². The molecule has 0 radical (unpaired) electrons. The van der Waals surface area contributed by atoms with E-state index >= 15 is 0 Å². The van der Waals surface area contributed by atoms with E-state index in [1.54, 1.807) is 0 Å². The lowest BCUT2D eigenvalue weighted by atomic mass is 9.88. The Balaban J connectivity index is 2.36. The molecule has 0 fully saturated rings. The predicted octanol–water partition coefficient (Wildman–Crippen LogP) is 1.42. The SMILES string of the molecule is O=CCCC(O)(Cn1cncn1)c1ccc(F)cc1F. The van der Waals surface area contributed by atoms with Crippen molar-refractivity contribution >= 4 is 6.29 Å². The molecule has 106 valence electrons. The summed E-state index contributed by atoms with van der Waals surface area (Å²) >= 11 is 0. The van der Waals surface area contributed by atoms with Gasteiger partial charge in [-0.3, -0.25) is 0 Å². The molecule has 2 aromatic rings. The number of aromatic nitrogens is 3. The quantitative estimate of drug-likeness (QED) is 0.813. The number of aliphatic hydroxyl groups is 1. The molecule has 0 saturated heterocycles. The van der Waals surface area contributed by atoms with E-state index in [9.17, 15) is 18.7 Å². The van der Waals surface area contributed by atoms with Gasteiger partial charge in [-0.1, -0.05) is 6.07 Å². The van der Waals surface area contributed by atoms with Crippen LogP contribution in [0.25, 0.3) is 0 Å². The second-order valence-electron chi connectivity index (χ2n) is 4.45. The van der Waals surface area contributed by atoms with Gasteiger partial charge in [0.05, 0.1) is 6.54 Å². The molecule has 7 heteroatoms.